The van der Waals surface area contributed by atoms with E-state index in [9.17, 15) is 4.79 Å². The topological polar surface area (TPSA) is 51.2 Å². The van der Waals surface area contributed by atoms with Crippen molar-refractivity contribution in [2.24, 2.45) is 5.41 Å². The molecule has 128 valence electrons. The highest BCUT2D eigenvalue weighted by Gasteiger charge is 2.21. The van der Waals surface area contributed by atoms with Crippen molar-refractivity contribution in [2.75, 3.05) is 5.32 Å². The van der Waals surface area contributed by atoms with E-state index in [2.05, 4.69) is 10.3 Å². The van der Waals surface area contributed by atoms with Gasteiger partial charge >= 0.3 is 0 Å². The fourth-order valence-corrected chi connectivity index (χ4v) is 2.15. The Kier molecular flexibility index (Phi) is 5.27. The zero-order valence-electron chi connectivity index (χ0n) is 15.3. The second kappa shape index (κ2) is 7.04. The van der Waals surface area contributed by atoms with Gasteiger partial charge in [-0.1, -0.05) is 32.9 Å². The summed E-state index contributed by atoms with van der Waals surface area (Å²) in [7, 11) is 0. The zero-order valence-corrected chi connectivity index (χ0v) is 15.3. The molecule has 1 aromatic heterocycles. The first kappa shape index (κ1) is 18.0. The Morgan fingerprint density at radius 1 is 1.17 bits per heavy atom. The Hall–Kier alpha value is -2.36. The second-order valence-corrected chi connectivity index (χ2v) is 7.28. The highest BCUT2D eigenvalue weighted by molar-refractivity contribution is 5.93. The third-order valence-electron chi connectivity index (χ3n) is 3.45. The average Bonchev–Trinajstić information content (AvgIpc) is 2.46. The fourth-order valence-electron chi connectivity index (χ4n) is 2.15. The standard InChI is InChI=1S/C20H26N2O2/c1-13(2)24-17-12-14(3)10-11-15(17)16-8-7-9-18(21-16)22-19(23)20(4,5)6/h7-13H,1-6H3,(H,21,22,23). The number of anilines is 1. The van der Waals surface area contributed by atoms with Crippen LogP contribution in [0.25, 0.3) is 11.3 Å². The highest BCUT2D eigenvalue weighted by Crippen LogP contribution is 2.31. The minimum atomic E-state index is -0.465. The van der Waals surface area contributed by atoms with Gasteiger partial charge in [-0.15, -0.1) is 0 Å². The van der Waals surface area contributed by atoms with Gasteiger partial charge in [0.25, 0.3) is 0 Å². The lowest BCUT2D eigenvalue weighted by Crippen LogP contribution is -2.28. The van der Waals surface area contributed by atoms with Crippen molar-refractivity contribution in [3.8, 4) is 17.0 Å². The lowest BCUT2D eigenvalue weighted by molar-refractivity contribution is -0.123. The molecule has 0 fully saturated rings. The van der Waals surface area contributed by atoms with E-state index in [4.69, 9.17) is 4.74 Å². The molecule has 0 spiro atoms. The van der Waals surface area contributed by atoms with Gasteiger partial charge in [0.2, 0.25) is 5.91 Å². The van der Waals surface area contributed by atoms with Gasteiger partial charge in [-0.25, -0.2) is 4.98 Å². The molecule has 0 aliphatic rings. The number of aromatic nitrogens is 1. The number of benzene rings is 1. The molecule has 1 amide bonds. The van der Waals surface area contributed by atoms with Gasteiger partial charge in [-0.3, -0.25) is 4.79 Å². The van der Waals surface area contributed by atoms with E-state index in [1.54, 1.807) is 6.07 Å². The van der Waals surface area contributed by atoms with Crippen LogP contribution < -0.4 is 10.1 Å². The molecule has 4 heteroatoms. The zero-order chi connectivity index (χ0) is 17.9. The first-order valence-electron chi connectivity index (χ1n) is 8.23. The number of amides is 1. The van der Waals surface area contributed by atoms with Crippen LogP contribution >= 0.6 is 0 Å². The van der Waals surface area contributed by atoms with Crippen LogP contribution in [-0.4, -0.2) is 17.0 Å². The van der Waals surface area contributed by atoms with E-state index in [1.807, 2.05) is 71.9 Å². The Balaban J connectivity index is 2.37. The molecule has 1 aromatic carbocycles. The van der Waals surface area contributed by atoms with Crippen LogP contribution in [0, 0.1) is 12.3 Å². The van der Waals surface area contributed by atoms with Crippen LogP contribution in [0.4, 0.5) is 5.82 Å². The number of hydrogen-bond acceptors (Lipinski definition) is 3. The fraction of sp³-hybridized carbons (Fsp3) is 0.400. The summed E-state index contributed by atoms with van der Waals surface area (Å²) in [6, 6.07) is 11.7. The predicted molar refractivity (Wildman–Crippen MR) is 98.3 cm³/mol. The Labute approximate surface area is 144 Å². The Morgan fingerprint density at radius 2 is 1.88 bits per heavy atom. The van der Waals surface area contributed by atoms with E-state index >= 15 is 0 Å². The molecular weight excluding hydrogens is 300 g/mol. The van der Waals surface area contributed by atoms with Gasteiger partial charge in [0.15, 0.2) is 0 Å². The second-order valence-electron chi connectivity index (χ2n) is 7.28. The van der Waals surface area contributed by atoms with Gasteiger partial charge in [0.1, 0.15) is 11.6 Å². The number of rotatable bonds is 4. The van der Waals surface area contributed by atoms with Gasteiger partial charge in [0, 0.05) is 11.0 Å². The molecule has 0 aliphatic heterocycles. The van der Waals surface area contributed by atoms with Crippen molar-refractivity contribution in [3.63, 3.8) is 0 Å². The number of aryl methyl sites for hydroxylation is 1. The van der Waals surface area contributed by atoms with Crippen LogP contribution in [0.5, 0.6) is 5.75 Å². The van der Waals surface area contributed by atoms with E-state index in [-0.39, 0.29) is 12.0 Å². The summed E-state index contributed by atoms with van der Waals surface area (Å²) in [5.41, 5.74) is 2.36. The van der Waals surface area contributed by atoms with E-state index in [0.717, 1.165) is 22.6 Å². The number of carbonyl (C=O) groups excluding carboxylic acids is 1. The van der Waals surface area contributed by atoms with Crippen LogP contribution in [0.2, 0.25) is 0 Å². The number of nitrogens with one attached hydrogen (secondary N) is 1. The summed E-state index contributed by atoms with van der Waals surface area (Å²) in [5.74, 6) is 1.29. The largest absolute Gasteiger partial charge is 0.490 e. The van der Waals surface area contributed by atoms with Gasteiger partial charge in [-0.05, 0) is 50.6 Å². The van der Waals surface area contributed by atoms with Gasteiger partial charge in [0.05, 0.1) is 11.8 Å². The predicted octanol–water partition coefficient (Wildman–Crippen LogP) is 4.83. The van der Waals surface area contributed by atoms with Crippen LogP contribution in [0.1, 0.15) is 40.2 Å². The van der Waals surface area contributed by atoms with Crippen molar-refractivity contribution in [2.45, 2.75) is 47.6 Å². The first-order valence-corrected chi connectivity index (χ1v) is 8.23. The van der Waals surface area contributed by atoms with E-state index < -0.39 is 5.41 Å². The normalized spacial score (nSPS) is 11.5. The molecular formula is C20H26N2O2. The maximum Gasteiger partial charge on any atom is 0.230 e. The minimum Gasteiger partial charge on any atom is -0.490 e. The SMILES string of the molecule is Cc1ccc(-c2cccc(NC(=O)C(C)(C)C)n2)c(OC(C)C)c1. The summed E-state index contributed by atoms with van der Waals surface area (Å²) in [4.78, 5) is 16.7. The molecule has 0 unspecified atom stereocenters. The third-order valence-corrected chi connectivity index (χ3v) is 3.45. The van der Waals surface area contributed by atoms with E-state index in [1.165, 1.54) is 0 Å². The van der Waals surface area contributed by atoms with Crippen molar-refractivity contribution < 1.29 is 9.53 Å². The van der Waals surface area contributed by atoms with Crippen LogP contribution in [0.15, 0.2) is 36.4 Å². The quantitative estimate of drug-likeness (QED) is 0.875. The molecule has 1 heterocycles. The summed E-state index contributed by atoms with van der Waals surface area (Å²) >= 11 is 0. The van der Waals surface area contributed by atoms with Crippen molar-refractivity contribution >= 4 is 11.7 Å². The summed E-state index contributed by atoms with van der Waals surface area (Å²) in [5, 5.41) is 2.87. The molecule has 0 radical (unpaired) electrons. The summed E-state index contributed by atoms with van der Waals surface area (Å²) < 4.78 is 5.93. The number of hydrogen-bond donors (Lipinski definition) is 1. The molecule has 0 atom stereocenters. The van der Waals surface area contributed by atoms with Crippen molar-refractivity contribution in [1.29, 1.82) is 0 Å². The monoisotopic (exact) mass is 326 g/mol. The maximum atomic E-state index is 12.2. The minimum absolute atomic E-state index is 0.0605. The smallest absolute Gasteiger partial charge is 0.230 e. The number of carbonyl (C=O) groups is 1. The molecule has 0 aliphatic carbocycles. The van der Waals surface area contributed by atoms with Crippen molar-refractivity contribution in [1.82, 2.24) is 4.98 Å². The number of ether oxygens (including phenoxy) is 1. The van der Waals surface area contributed by atoms with Gasteiger partial charge in [-0.2, -0.15) is 0 Å². The molecule has 0 saturated heterocycles. The van der Waals surface area contributed by atoms with Crippen LogP contribution in [-0.2, 0) is 4.79 Å². The third kappa shape index (κ3) is 4.57. The summed E-state index contributed by atoms with van der Waals surface area (Å²) in [6.07, 6.45) is 0.0781. The molecule has 4 nitrogen and oxygen atoms in total. The van der Waals surface area contributed by atoms with Crippen molar-refractivity contribution in [3.05, 3.63) is 42.0 Å². The average molecular weight is 326 g/mol. The maximum absolute atomic E-state index is 12.2. The molecule has 0 bridgehead atoms. The lowest BCUT2D eigenvalue weighted by atomic mass is 9.96. The van der Waals surface area contributed by atoms with Crippen LogP contribution in [0.3, 0.4) is 0 Å². The molecule has 2 rings (SSSR count). The first-order chi connectivity index (χ1) is 11.2. The van der Waals surface area contributed by atoms with E-state index in [0.29, 0.717) is 5.82 Å². The molecule has 24 heavy (non-hydrogen) atoms. The number of nitrogens with zero attached hydrogens (tertiary/aromatic N) is 1. The number of pyridine rings is 1. The highest BCUT2D eigenvalue weighted by atomic mass is 16.5. The summed E-state index contributed by atoms with van der Waals surface area (Å²) in [6.45, 7) is 11.7. The Morgan fingerprint density at radius 3 is 2.50 bits per heavy atom. The lowest BCUT2D eigenvalue weighted by Gasteiger charge is -2.18. The molecule has 0 saturated carbocycles. The Bertz CT molecular complexity index is 731. The molecule has 1 N–H and O–H groups in total. The van der Waals surface area contributed by atoms with Gasteiger partial charge < -0.3 is 10.1 Å². The molecule has 2 aromatic rings.